The number of H-pyrrole nitrogens is 1. The largest absolute Gasteiger partial charge is 0.347 e. The van der Waals surface area contributed by atoms with Crippen LogP contribution in [0.5, 0.6) is 0 Å². The molecule has 1 N–H and O–H groups in total. The molecule has 0 saturated heterocycles. The number of fused-ring (bicyclic) bond motifs is 2. The fraction of sp³-hybridized carbons (Fsp3) is 0.211. The number of nitrogens with zero attached hydrogens (tertiary/aromatic N) is 4. The number of hydrogen-bond donors (Lipinski definition) is 1. The lowest BCUT2D eigenvalue weighted by molar-refractivity contribution is 0.171. The van der Waals surface area contributed by atoms with Gasteiger partial charge in [-0.3, -0.25) is 4.90 Å². The monoisotopic (exact) mass is 331 g/mol. The summed E-state index contributed by atoms with van der Waals surface area (Å²) in [6.07, 6.45) is 2.52. The van der Waals surface area contributed by atoms with Gasteiger partial charge in [-0.15, -0.1) is 0 Å². The molecule has 2 aromatic heterocycles. The van der Waals surface area contributed by atoms with E-state index in [1.165, 1.54) is 10.8 Å². The third-order valence-corrected chi connectivity index (χ3v) is 4.87. The van der Waals surface area contributed by atoms with Crippen LogP contribution in [-0.4, -0.2) is 32.1 Å². The summed E-state index contributed by atoms with van der Waals surface area (Å²) in [5, 5.41) is 6.58. The first-order valence-electron chi connectivity index (χ1n) is 8.32. The SMILES string of the molecule is CN1Cc2[nH]cnc2CC1c1nc(-c2ccc3ccccc3c2)no1. The van der Waals surface area contributed by atoms with Crippen molar-refractivity contribution >= 4 is 10.8 Å². The molecule has 1 unspecified atom stereocenters. The molecule has 2 aromatic carbocycles. The molecule has 1 atom stereocenters. The van der Waals surface area contributed by atoms with Crippen molar-refractivity contribution in [3.8, 4) is 11.4 Å². The zero-order valence-electron chi connectivity index (χ0n) is 13.8. The fourth-order valence-electron chi connectivity index (χ4n) is 3.45. The van der Waals surface area contributed by atoms with E-state index in [0.717, 1.165) is 29.9 Å². The van der Waals surface area contributed by atoms with Crippen molar-refractivity contribution in [3.05, 3.63) is 66.1 Å². The van der Waals surface area contributed by atoms with E-state index in [4.69, 9.17) is 4.52 Å². The van der Waals surface area contributed by atoms with Gasteiger partial charge >= 0.3 is 0 Å². The van der Waals surface area contributed by atoms with Gasteiger partial charge in [0.25, 0.3) is 0 Å². The van der Waals surface area contributed by atoms with Crippen molar-refractivity contribution in [1.29, 1.82) is 0 Å². The van der Waals surface area contributed by atoms with Crippen LogP contribution in [0.4, 0.5) is 0 Å². The molecule has 6 nitrogen and oxygen atoms in total. The van der Waals surface area contributed by atoms with Crippen LogP contribution in [0.2, 0.25) is 0 Å². The normalized spacial score (nSPS) is 17.7. The van der Waals surface area contributed by atoms with Gasteiger partial charge in [0.1, 0.15) is 0 Å². The van der Waals surface area contributed by atoms with Crippen molar-refractivity contribution in [2.45, 2.75) is 19.0 Å². The van der Waals surface area contributed by atoms with Crippen LogP contribution in [0.15, 0.2) is 53.3 Å². The Kier molecular flexibility index (Phi) is 3.18. The lowest BCUT2D eigenvalue weighted by Crippen LogP contribution is -2.31. The van der Waals surface area contributed by atoms with Gasteiger partial charge in [0.15, 0.2) is 0 Å². The molecule has 6 heteroatoms. The van der Waals surface area contributed by atoms with E-state index in [-0.39, 0.29) is 6.04 Å². The molecule has 0 aliphatic carbocycles. The number of nitrogens with one attached hydrogen (secondary N) is 1. The van der Waals surface area contributed by atoms with E-state index in [2.05, 4.69) is 56.3 Å². The maximum absolute atomic E-state index is 5.59. The van der Waals surface area contributed by atoms with Gasteiger partial charge in [-0.05, 0) is 23.9 Å². The minimum atomic E-state index is 0.0532. The van der Waals surface area contributed by atoms with Crippen molar-refractivity contribution in [3.63, 3.8) is 0 Å². The molecule has 0 radical (unpaired) electrons. The molecule has 0 fully saturated rings. The Morgan fingerprint density at radius 2 is 2.04 bits per heavy atom. The maximum Gasteiger partial charge on any atom is 0.244 e. The lowest BCUT2D eigenvalue weighted by Gasteiger charge is -2.28. The smallest absolute Gasteiger partial charge is 0.244 e. The second-order valence-corrected chi connectivity index (χ2v) is 6.48. The lowest BCUT2D eigenvalue weighted by atomic mass is 10.0. The number of benzene rings is 2. The second-order valence-electron chi connectivity index (χ2n) is 6.48. The second kappa shape index (κ2) is 5.53. The zero-order chi connectivity index (χ0) is 16.8. The topological polar surface area (TPSA) is 70.8 Å². The minimum Gasteiger partial charge on any atom is -0.347 e. The van der Waals surface area contributed by atoms with Gasteiger partial charge in [0.2, 0.25) is 11.7 Å². The highest BCUT2D eigenvalue weighted by Crippen LogP contribution is 2.31. The van der Waals surface area contributed by atoms with Crippen molar-refractivity contribution in [2.75, 3.05) is 7.05 Å². The Bertz CT molecular complexity index is 1050. The summed E-state index contributed by atoms with van der Waals surface area (Å²) in [4.78, 5) is 14.5. The van der Waals surface area contributed by atoms with Crippen LogP contribution >= 0.6 is 0 Å². The standard InChI is InChI=1S/C19H17N5O/c1-24-10-16-15(20-11-21-16)9-17(24)19-22-18(23-25-19)14-7-6-12-4-2-3-5-13(12)8-14/h2-8,11,17H,9-10H2,1H3,(H,20,21). The highest BCUT2D eigenvalue weighted by atomic mass is 16.5. The van der Waals surface area contributed by atoms with Gasteiger partial charge in [-0.25, -0.2) is 4.98 Å². The Morgan fingerprint density at radius 1 is 1.16 bits per heavy atom. The van der Waals surface area contributed by atoms with Crippen LogP contribution < -0.4 is 0 Å². The van der Waals surface area contributed by atoms with Gasteiger partial charge < -0.3 is 9.51 Å². The van der Waals surface area contributed by atoms with E-state index in [9.17, 15) is 0 Å². The van der Waals surface area contributed by atoms with Gasteiger partial charge in [0.05, 0.1) is 23.8 Å². The number of aromatic amines is 1. The van der Waals surface area contributed by atoms with E-state index in [1.54, 1.807) is 6.33 Å². The summed E-state index contributed by atoms with van der Waals surface area (Å²) in [6, 6.07) is 14.5. The van der Waals surface area contributed by atoms with E-state index in [1.807, 2.05) is 18.2 Å². The molecule has 0 bridgehead atoms. The molecule has 25 heavy (non-hydrogen) atoms. The number of rotatable bonds is 2. The van der Waals surface area contributed by atoms with Crippen LogP contribution in [0.3, 0.4) is 0 Å². The molecule has 5 rings (SSSR count). The third kappa shape index (κ3) is 2.42. The number of aromatic nitrogens is 4. The highest BCUT2D eigenvalue weighted by Gasteiger charge is 2.30. The van der Waals surface area contributed by atoms with E-state index in [0.29, 0.717) is 11.7 Å². The quantitative estimate of drug-likeness (QED) is 0.610. The average Bonchev–Trinajstić information content (AvgIpc) is 3.29. The van der Waals surface area contributed by atoms with Gasteiger partial charge in [-0.2, -0.15) is 4.98 Å². The van der Waals surface area contributed by atoms with Crippen molar-refractivity contribution < 1.29 is 4.52 Å². The predicted octanol–water partition coefficient (Wildman–Crippen LogP) is 3.34. The summed E-state index contributed by atoms with van der Waals surface area (Å²) in [5.41, 5.74) is 3.20. The summed E-state index contributed by atoms with van der Waals surface area (Å²) in [7, 11) is 2.06. The maximum atomic E-state index is 5.59. The Balaban J connectivity index is 1.48. The van der Waals surface area contributed by atoms with Crippen LogP contribution in [0, 0.1) is 0 Å². The summed E-state index contributed by atoms with van der Waals surface area (Å²) >= 11 is 0. The summed E-state index contributed by atoms with van der Waals surface area (Å²) in [6.45, 7) is 0.799. The molecular weight excluding hydrogens is 314 g/mol. The summed E-state index contributed by atoms with van der Waals surface area (Å²) < 4.78 is 5.59. The van der Waals surface area contributed by atoms with E-state index < -0.39 is 0 Å². The molecule has 124 valence electrons. The Morgan fingerprint density at radius 3 is 2.96 bits per heavy atom. The van der Waals surface area contributed by atoms with E-state index >= 15 is 0 Å². The molecule has 0 saturated carbocycles. The highest BCUT2D eigenvalue weighted by molar-refractivity contribution is 5.86. The van der Waals surface area contributed by atoms with Crippen molar-refractivity contribution in [2.24, 2.45) is 0 Å². The number of likely N-dealkylation sites (N-methyl/N-ethyl adjacent to an activating group) is 1. The first-order chi connectivity index (χ1) is 12.3. The molecule has 4 aromatic rings. The average molecular weight is 331 g/mol. The van der Waals surface area contributed by atoms with Gasteiger partial charge in [-0.1, -0.05) is 41.6 Å². The first-order valence-corrected chi connectivity index (χ1v) is 8.32. The number of hydrogen-bond acceptors (Lipinski definition) is 5. The zero-order valence-corrected chi connectivity index (χ0v) is 13.8. The summed E-state index contributed by atoms with van der Waals surface area (Å²) in [5.74, 6) is 1.27. The Labute approximate surface area is 144 Å². The van der Waals surface area contributed by atoms with Crippen molar-refractivity contribution in [1.82, 2.24) is 25.0 Å². The fourth-order valence-corrected chi connectivity index (χ4v) is 3.45. The predicted molar refractivity (Wildman–Crippen MR) is 93.7 cm³/mol. The first kappa shape index (κ1) is 14.4. The molecule has 0 spiro atoms. The molecular formula is C19H17N5O. The molecule has 1 aliphatic rings. The van der Waals surface area contributed by atoms with Crippen LogP contribution in [0.25, 0.3) is 22.2 Å². The Hall–Kier alpha value is -2.99. The van der Waals surface area contributed by atoms with Crippen LogP contribution in [0.1, 0.15) is 23.3 Å². The molecule has 3 heterocycles. The molecule has 0 amide bonds. The third-order valence-electron chi connectivity index (χ3n) is 4.87. The molecule has 1 aliphatic heterocycles. The van der Waals surface area contributed by atoms with Crippen LogP contribution in [-0.2, 0) is 13.0 Å². The number of imidazole rings is 1. The van der Waals surface area contributed by atoms with Gasteiger partial charge in [0, 0.05) is 18.5 Å². The minimum absolute atomic E-state index is 0.0532.